The zero-order valence-corrected chi connectivity index (χ0v) is 14.9. The second kappa shape index (κ2) is 7.58. The molecule has 0 radical (unpaired) electrons. The molecule has 3 rings (SSSR count). The number of halogens is 5. The van der Waals surface area contributed by atoms with E-state index in [0.29, 0.717) is 0 Å². The molecule has 0 unspecified atom stereocenters. The van der Waals surface area contributed by atoms with E-state index in [9.17, 15) is 18.0 Å². The summed E-state index contributed by atoms with van der Waals surface area (Å²) in [4.78, 5) is 15.9. The third-order valence-electron chi connectivity index (χ3n) is 3.54. The van der Waals surface area contributed by atoms with Gasteiger partial charge in [-0.1, -0.05) is 46.6 Å². The molecule has 2 aromatic heterocycles. The predicted octanol–water partition coefficient (Wildman–Crippen LogP) is 4.99. The summed E-state index contributed by atoms with van der Waals surface area (Å²) >= 11 is 11.6. The van der Waals surface area contributed by atoms with E-state index < -0.39 is 17.6 Å². The van der Waals surface area contributed by atoms with E-state index in [1.807, 2.05) is 0 Å². The first-order chi connectivity index (χ1) is 12.8. The van der Waals surface area contributed by atoms with E-state index in [2.05, 4.69) is 15.5 Å². The van der Waals surface area contributed by atoms with Crippen LogP contribution in [0.25, 0.3) is 11.3 Å². The van der Waals surface area contributed by atoms with E-state index in [4.69, 9.17) is 27.7 Å². The number of hydrogen-bond acceptors (Lipinski definition) is 4. The number of carbonyl (C=O) groups excluding carboxylic acids is 1. The first-order valence-corrected chi connectivity index (χ1v) is 8.22. The van der Waals surface area contributed by atoms with Crippen LogP contribution in [0.2, 0.25) is 10.2 Å². The molecule has 0 spiro atoms. The number of alkyl halides is 3. The highest BCUT2D eigenvalue weighted by atomic mass is 35.5. The van der Waals surface area contributed by atoms with Gasteiger partial charge in [0, 0.05) is 17.8 Å². The van der Waals surface area contributed by atoms with Crippen molar-refractivity contribution in [1.29, 1.82) is 0 Å². The molecule has 27 heavy (non-hydrogen) atoms. The van der Waals surface area contributed by atoms with Crippen molar-refractivity contribution in [2.45, 2.75) is 12.7 Å². The van der Waals surface area contributed by atoms with Crippen molar-refractivity contribution in [2.75, 3.05) is 0 Å². The Morgan fingerprint density at radius 1 is 1.19 bits per heavy atom. The van der Waals surface area contributed by atoms with Crippen molar-refractivity contribution in [3.63, 3.8) is 0 Å². The van der Waals surface area contributed by atoms with E-state index in [0.717, 1.165) is 6.07 Å². The highest BCUT2D eigenvalue weighted by Crippen LogP contribution is 2.36. The van der Waals surface area contributed by atoms with Crippen molar-refractivity contribution in [3.8, 4) is 11.3 Å². The molecule has 0 fully saturated rings. The number of nitrogens with one attached hydrogen (secondary N) is 1. The normalized spacial score (nSPS) is 11.4. The lowest BCUT2D eigenvalue weighted by Gasteiger charge is -2.10. The lowest BCUT2D eigenvalue weighted by atomic mass is 10.0. The van der Waals surface area contributed by atoms with Gasteiger partial charge in [-0.3, -0.25) is 4.79 Å². The summed E-state index contributed by atoms with van der Waals surface area (Å²) in [6, 6.07) is 7.67. The van der Waals surface area contributed by atoms with Gasteiger partial charge in [0.05, 0.1) is 22.7 Å². The fourth-order valence-electron chi connectivity index (χ4n) is 2.32. The molecular formula is C17H10Cl2F3N3O2. The van der Waals surface area contributed by atoms with Gasteiger partial charge >= 0.3 is 6.18 Å². The second-order valence-electron chi connectivity index (χ2n) is 5.40. The number of amides is 1. The third kappa shape index (κ3) is 4.40. The Balaban J connectivity index is 1.76. The van der Waals surface area contributed by atoms with Crippen molar-refractivity contribution in [2.24, 2.45) is 0 Å². The molecule has 0 saturated carbocycles. The van der Waals surface area contributed by atoms with Gasteiger partial charge in [-0.25, -0.2) is 4.98 Å². The van der Waals surface area contributed by atoms with E-state index >= 15 is 0 Å². The van der Waals surface area contributed by atoms with Gasteiger partial charge in [0.15, 0.2) is 5.76 Å². The van der Waals surface area contributed by atoms with Gasteiger partial charge in [-0.2, -0.15) is 13.2 Å². The van der Waals surface area contributed by atoms with Crippen LogP contribution in [0.4, 0.5) is 13.2 Å². The van der Waals surface area contributed by atoms with Gasteiger partial charge < -0.3 is 9.84 Å². The third-order valence-corrected chi connectivity index (χ3v) is 4.05. The Morgan fingerprint density at radius 3 is 2.67 bits per heavy atom. The Hall–Kier alpha value is -2.58. The fraction of sp³-hybridized carbons (Fsp3) is 0.118. The first kappa shape index (κ1) is 19.2. The lowest BCUT2D eigenvalue weighted by molar-refractivity contribution is -0.137. The molecule has 1 aromatic carbocycles. The molecule has 0 atom stereocenters. The van der Waals surface area contributed by atoms with Crippen LogP contribution in [-0.4, -0.2) is 16.0 Å². The molecule has 0 bridgehead atoms. The first-order valence-electron chi connectivity index (χ1n) is 7.47. The van der Waals surface area contributed by atoms with Crippen molar-refractivity contribution in [3.05, 3.63) is 69.7 Å². The van der Waals surface area contributed by atoms with Crippen LogP contribution in [0, 0.1) is 0 Å². The number of pyridine rings is 1. The summed E-state index contributed by atoms with van der Waals surface area (Å²) in [5.41, 5.74) is -0.875. The molecule has 140 valence electrons. The standard InChI is InChI=1S/C17H10Cl2F3N3O2/c18-9-5-12(15(19)23-7-9)16(26)24-8-10-6-14(25-27-10)11-3-1-2-4-13(11)17(20,21)22/h1-7H,8H2,(H,24,26). The van der Waals surface area contributed by atoms with Gasteiger partial charge in [-0.05, 0) is 12.1 Å². The van der Waals surface area contributed by atoms with Crippen molar-refractivity contribution >= 4 is 29.1 Å². The van der Waals surface area contributed by atoms with Crippen LogP contribution in [0.15, 0.2) is 47.1 Å². The van der Waals surface area contributed by atoms with Crippen LogP contribution < -0.4 is 5.32 Å². The maximum Gasteiger partial charge on any atom is 0.417 e. The molecule has 2 heterocycles. The van der Waals surface area contributed by atoms with E-state index in [-0.39, 0.29) is 39.3 Å². The summed E-state index contributed by atoms with van der Waals surface area (Å²) < 4.78 is 44.3. The average molecular weight is 416 g/mol. The molecule has 0 aliphatic rings. The summed E-state index contributed by atoms with van der Waals surface area (Å²) in [7, 11) is 0. The molecular weight excluding hydrogens is 406 g/mol. The van der Waals surface area contributed by atoms with Gasteiger partial charge in [0.1, 0.15) is 10.8 Å². The highest BCUT2D eigenvalue weighted by molar-refractivity contribution is 6.34. The van der Waals surface area contributed by atoms with Gasteiger partial charge in [0.2, 0.25) is 0 Å². The van der Waals surface area contributed by atoms with Gasteiger partial charge in [0.25, 0.3) is 5.91 Å². The maximum absolute atomic E-state index is 13.1. The summed E-state index contributed by atoms with van der Waals surface area (Å²) in [6.45, 7) is -0.108. The monoisotopic (exact) mass is 415 g/mol. The number of carbonyl (C=O) groups is 1. The lowest BCUT2D eigenvalue weighted by Crippen LogP contribution is -2.23. The van der Waals surface area contributed by atoms with Crippen molar-refractivity contribution < 1.29 is 22.5 Å². The quantitative estimate of drug-likeness (QED) is 0.609. The molecule has 10 heteroatoms. The minimum absolute atomic E-state index is 0.00892. The van der Waals surface area contributed by atoms with Crippen LogP contribution >= 0.6 is 23.2 Å². The largest absolute Gasteiger partial charge is 0.417 e. The zero-order chi connectivity index (χ0) is 19.6. The van der Waals surface area contributed by atoms with Crippen LogP contribution in [0.3, 0.4) is 0 Å². The second-order valence-corrected chi connectivity index (χ2v) is 6.19. The van der Waals surface area contributed by atoms with Crippen LogP contribution in [-0.2, 0) is 12.7 Å². The Kier molecular flexibility index (Phi) is 5.38. The summed E-state index contributed by atoms with van der Waals surface area (Å²) in [5, 5.41) is 6.37. The van der Waals surface area contributed by atoms with Crippen LogP contribution in [0.5, 0.6) is 0 Å². The van der Waals surface area contributed by atoms with Crippen LogP contribution in [0.1, 0.15) is 21.7 Å². The number of benzene rings is 1. The number of hydrogen-bond donors (Lipinski definition) is 1. The Bertz CT molecular complexity index is 990. The average Bonchev–Trinajstić information content (AvgIpc) is 3.10. The Morgan fingerprint density at radius 2 is 1.93 bits per heavy atom. The molecule has 5 nitrogen and oxygen atoms in total. The van der Waals surface area contributed by atoms with E-state index in [1.54, 1.807) is 0 Å². The molecule has 0 aliphatic heterocycles. The minimum Gasteiger partial charge on any atom is -0.359 e. The fourth-order valence-corrected chi connectivity index (χ4v) is 2.67. The summed E-state index contributed by atoms with van der Waals surface area (Å²) in [6.07, 6.45) is -3.23. The predicted molar refractivity (Wildman–Crippen MR) is 92.4 cm³/mol. The maximum atomic E-state index is 13.1. The molecule has 0 aliphatic carbocycles. The zero-order valence-electron chi connectivity index (χ0n) is 13.3. The number of nitrogens with zero attached hydrogens (tertiary/aromatic N) is 2. The topological polar surface area (TPSA) is 68.0 Å². The molecule has 0 saturated heterocycles. The molecule has 1 amide bonds. The number of rotatable bonds is 4. The molecule has 1 N–H and O–H groups in total. The summed E-state index contributed by atoms with van der Waals surface area (Å²) in [5.74, 6) is -0.398. The molecule has 3 aromatic rings. The number of aromatic nitrogens is 2. The Labute approximate surface area is 161 Å². The smallest absolute Gasteiger partial charge is 0.359 e. The van der Waals surface area contributed by atoms with Gasteiger partial charge in [-0.15, -0.1) is 0 Å². The van der Waals surface area contributed by atoms with E-state index in [1.165, 1.54) is 36.5 Å². The minimum atomic E-state index is -4.53. The van der Waals surface area contributed by atoms with Crippen molar-refractivity contribution in [1.82, 2.24) is 15.5 Å². The highest BCUT2D eigenvalue weighted by Gasteiger charge is 2.34. The SMILES string of the molecule is O=C(NCc1cc(-c2ccccc2C(F)(F)F)no1)c1cc(Cl)cnc1Cl.